The Kier molecular flexibility index (Phi) is 4.17. The molecule has 20 heavy (non-hydrogen) atoms. The molecule has 2 aromatic rings. The molecule has 106 valence electrons. The van der Waals surface area contributed by atoms with Gasteiger partial charge in [0, 0.05) is 0 Å². The van der Waals surface area contributed by atoms with Gasteiger partial charge < -0.3 is 0 Å². The molecule has 0 amide bonds. The lowest BCUT2D eigenvalue weighted by Crippen LogP contribution is -2.04. The molecule has 0 aliphatic heterocycles. The quantitative estimate of drug-likeness (QED) is 0.703. The lowest BCUT2D eigenvalue weighted by molar-refractivity contribution is -0.137. The Hall–Kier alpha value is -1.77. The van der Waals surface area contributed by atoms with Crippen LogP contribution in [0.15, 0.2) is 48.5 Å². The summed E-state index contributed by atoms with van der Waals surface area (Å²) in [6.45, 7) is 4.26. The minimum atomic E-state index is -4.27. The smallest absolute Gasteiger partial charge is 0.166 e. The van der Waals surface area contributed by atoms with Gasteiger partial charge in [0.1, 0.15) is 0 Å². The van der Waals surface area contributed by atoms with Gasteiger partial charge in [-0.05, 0) is 41.2 Å². The second-order valence-electron chi connectivity index (χ2n) is 5.27. The zero-order chi connectivity index (χ0) is 14.8. The van der Waals surface area contributed by atoms with E-state index in [1.165, 1.54) is 5.56 Å². The second kappa shape index (κ2) is 5.70. The summed E-state index contributed by atoms with van der Waals surface area (Å²) < 4.78 is 37.4. The van der Waals surface area contributed by atoms with Crippen molar-refractivity contribution < 1.29 is 13.2 Å². The van der Waals surface area contributed by atoms with Crippen LogP contribution >= 0.6 is 0 Å². The molecule has 2 aromatic carbocycles. The van der Waals surface area contributed by atoms with Gasteiger partial charge in [0.15, 0.2) is 0 Å². The number of alkyl halides is 3. The number of halogens is 3. The Morgan fingerprint density at radius 3 is 1.65 bits per heavy atom. The van der Waals surface area contributed by atoms with E-state index >= 15 is 0 Å². The molecule has 0 aliphatic rings. The summed E-state index contributed by atoms with van der Waals surface area (Å²) in [4.78, 5) is 0. The fourth-order valence-electron chi connectivity index (χ4n) is 2.07. The van der Waals surface area contributed by atoms with Crippen molar-refractivity contribution in [2.75, 3.05) is 0 Å². The Bertz CT molecular complexity index is 548. The summed E-state index contributed by atoms with van der Waals surface area (Å²) >= 11 is 0. The van der Waals surface area contributed by atoms with E-state index in [9.17, 15) is 13.2 Å². The lowest BCUT2D eigenvalue weighted by atomic mass is 9.98. The van der Waals surface area contributed by atoms with Gasteiger partial charge in [-0.2, -0.15) is 13.2 Å². The molecule has 0 N–H and O–H groups in total. The summed E-state index contributed by atoms with van der Waals surface area (Å²) in [6.07, 6.45) is -3.62. The van der Waals surface area contributed by atoms with Gasteiger partial charge in [-0.15, -0.1) is 0 Å². The minimum absolute atomic E-state index is 0.482. The highest BCUT2D eigenvalue weighted by Gasteiger charge is 2.29. The van der Waals surface area contributed by atoms with Crippen LogP contribution in [0.3, 0.4) is 0 Å². The van der Waals surface area contributed by atoms with Crippen LogP contribution in [-0.4, -0.2) is 0 Å². The van der Waals surface area contributed by atoms with E-state index < -0.39 is 11.7 Å². The van der Waals surface area contributed by atoms with Gasteiger partial charge in [-0.3, -0.25) is 0 Å². The molecule has 0 unspecified atom stereocenters. The van der Waals surface area contributed by atoms with Crippen LogP contribution < -0.4 is 0 Å². The highest BCUT2D eigenvalue weighted by Crippen LogP contribution is 2.29. The fourth-order valence-corrected chi connectivity index (χ4v) is 2.07. The molecule has 0 bridgehead atoms. The van der Waals surface area contributed by atoms with Crippen molar-refractivity contribution >= 4 is 0 Å². The van der Waals surface area contributed by atoms with Gasteiger partial charge in [0.25, 0.3) is 0 Å². The normalized spacial score (nSPS) is 11.9. The summed E-state index contributed by atoms with van der Waals surface area (Å²) in [7, 11) is 0. The summed E-state index contributed by atoms with van der Waals surface area (Å²) in [6, 6.07) is 13.6. The summed E-state index contributed by atoms with van der Waals surface area (Å²) in [5.74, 6) is 0.482. The minimum Gasteiger partial charge on any atom is -0.166 e. The average molecular weight is 278 g/mol. The molecule has 0 radical (unpaired) electrons. The molecule has 0 nitrogen and oxygen atoms in total. The first-order valence-corrected chi connectivity index (χ1v) is 6.61. The zero-order valence-corrected chi connectivity index (χ0v) is 11.5. The van der Waals surface area contributed by atoms with E-state index in [1.807, 2.05) is 12.1 Å². The van der Waals surface area contributed by atoms with Crippen LogP contribution in [0.1, 0.15) is 42.0 Å². The third-order valence-corrected chi connectivity index (χ3v) is 3.34. The molecule has 0 spiro atoms. The standard InChI is InChI=1S/C17H17F3/c1-12(2)15-7-3-13(4-8-15)11-14-5-9-16(10-6-14)17(18,19)20/h3-10,12H,11H2,1-2H3. The van der Waals surface area contributed by atoms with Crippen molar-refractivity contribution in [3.8, 4) is 0 Å². The average Bonchev–Trinajstić information content (AvgIpc) is 2.39. The van der Waals surface area contributed by atoms with E-state index in [0.29, 0.717) is 12.3 Å². The van der Waals surface area contributed by atoms with Crippen molar-refractivity contribution in [2.24, 2.45) is 0 Å². The van der Waals surface area contributed by atoms with E-state index in [4.69, 9.17) is 0 Å². The second-order valence-corrected chi connectivity index (χ2v) is 5.27. The van der Waals surface area contributed by atoms with Gasteiger partial charge in [-0.25, -0.2) is 0 Å². The van der Waals surface area contributed by atoms with Crippen LogP contribution in [-0.2, 0) is 12.6 Å². The topological polar surface area (TPSA) is 0 Å². The first kappa shape index (κ1) is 14.6. The number of rotatable bonds is 3. The van der Waals surface area contributed by atoms with Gasteiger partial charge in [-0.1, -0.05) is 50.2 Å². The Morgan fingerprint density at radius 2 is 1.25 bits per heavy atom. The molecular weight excluding hydrogens is 261 g/mol. The molecule has 0 heterocycles. The predicted octanol–water partition coefficient (Wildman–Crippen LogP) is 5.42. The third kappa shape index (κ3) is 3.62. The van der Waals surface area contributed by atoms with Crippen LogP contribution in [0.5, 0.6) is 0 Å². The van der Waals surface area contributed by atoms with Crippen LogP contribution in [0, 0.1) is 0 Å². The molecule has 0 saturated carbocycles. The number of benzene rings is 2. The predicted molar refractivity (Wildman–Crippen MR) is 74.8 cm³/mol. The van der Waals surface area contributed by atoms with Crippen molar-refractivity contribution in [3.63, 3.8) is 0 Å². The van der Waals surface area contributed by atoms with Crippen LogP contribution in [0.4, 0.5) is 13.2 Å². The van der Waals surface area contributed by atoms with E-state index in [2.05, 4.69) is 26.0 Å². The number of hydrogen-bond donors (Lipinski definition) is 0. The van der Waals surface area contributed by atoms with Crippen molar-refractivity contribution in [3.05, 3.63) is 70.8 Å². The van der Waals surface area contributed by atoms with Gasteiger partial charge >= 0.3 is 6.18 Å². The van der Waals surface area contributed by atoms with Crippen LogP contribution in [0.25, 0.3) is 0 Å². The van der Waals surface area contributed by atoms with Crippen molar-refractivity contribution in [1.29, 1.82) is 0 Å². The van der Waals surface area contributed by atoms with Crippen molar-refractivity contribution in [1.82, 2.24) is 0 Å². The first-order valence-electron chi connectivity index (χ1n) is 6.61. The van der Waals surface area contributed by atoms with E-state index in [1.54, 1.807) is 12.1 Å². The first-order chi connectivity index (χ1) is 9.36. The molecule has 0 saturated heterocycles. The molecule has 0 aliphatic carbocycles. The number of hydrogen-bond acceptors (Lipinski definition) is 0. The molecule has 0 fully saturated rings. The summed E-state index contributed by atoms with van der Waals surface area (Å²) in [5.41, 5.74) is 2.65. The third-order valence-electron chi connectivity index (χ3n) is 3.34. The van der Waals surface area contributed by atoms with Gasteiger partial charge in [0.2, 0.25) is 0 Å². The maximum Gasteiger partial charge on any atom is 0.416 e. The Balaban J connectivity index is 2.10. The van der Waals surface area contributed by atoms with Crippen molar-refractivity contribution in [2.45, 2.75) is 32.4 Å². The maximum atomic E-state index is 12.5. The lowest BCUT2D eigenvalue weighted by Gasteiger charge is -2.09. The fraction of sp³-hybridized carbons (Fsp3) is 0.294. The molecule has 2 rings (SSSR count). The van der Waals surface area contributed by atoms with E-state index in [-0.39, 0.29) is 0 Å². The molecule has 0 atom stereocenters. The van der Waals surface area contributed by atoms with Gasteiger partial charge in [0.05, 0.1) is 5.56 Å². The maximum absolute atomic E-state index is 12.5. The highest BCUT2D eigenvalue weighted by molar-refractivity contribution is 5.31. The molecule has 0 aromatic heterocycles. The Morgan fingerprint density at radius 1 is 0.800 bits per heavy atom. The Labute approximate surface area is 117 Å². The monoisotopic (exact) mass is 278 g/mol. The SMILES string of the molecule is CC(C)c1ccc(Cc2ccc(C(F)(F)F)cc2)cc1. The highest BCUT2D eigenvalue weighted by atomic mass is 19.4. The van der Waals surface area contributed by atoms with E-state index in [0.717, 1.165) is 23.3 Å². The largest absolute Gasteiger partial charge is 0.416 e. The molecular formula is C17H17F3. The summed E-state index contributed by atoms with van der Waals surface area (Å²) in [5, 5.41) is 0. The molecule has 3 heteroatoms. The zero-order valence-electron chi connectivity index (χ0n) is 11.5. The van der Waals surface area contributed by atoms with Crippen LogP contribution in [0.2, 0.25) is 0 Å².